The van der Waals surface area contributed by atoms with Crippen molar-refractivity contribution in [1.29, 1.82) is 0 Å². The van der Waals surface area contributed by atoms with Crippen molar-refractivity contribution >= 4 is 5.91 Å². The lowest BCUT2D eigenvalue weighted by molar-refractivity contribution is -0.137. The quantitative estimate of drug-likeness (QED) is 0.736. The minimum Gasteiger partial charge on any atom is -0.497 e. The van der Waals surface area contributed by atoms with E-state index in [0.29, 0.717) is 19.0 Å². The van der Waals surface area contributed by atoms with Crippen molar-refractivity contribution in [2.45, 2.75) is 44.1 Å². The van der Waals surface area contributed by atoms with Gasteiger partial charge in [0.15, 0.2) is 18.1 Å². The third-order valence-electron chi connectivity index (χ3n) is 6.98. The summed E-state index contributed by atoms with van der Waals surface area (Å²) in [6.07, 6.45) is 4.56. The number of fused-ring (bicyclic) bond motifs is 3. The molecular weight excluding hydrogens is 394 g/mol. The van der Waals surface area contributed by atoms with Gasteiger partial charge in [-0.3, -0.25) is 4.79 Å². The molecule has 1 amide bonds. The molecule has 31 heavy (non-hydrogen) atoms. The lowest BCUT2D eigenvalue weighted by atomic mass is 9.71. The van der Waals surface area contributed by atoms with E-state index in [2.05, 4.69) is 19.1 Å². The Kier molecular flexibility index (Phi) is 5.16. The average molecular weight is 424 g/mol. The SMILES string of the molecule is COc1ccc(OCC(=O)N2CC3(CCCC3)c3cc4c(cc3C2C)OCCO4)cc1. The molecule has 0 aromatic heterocycles. The van der Waals surface area contributed by atoms with Crippen molar-refractivity contribution in [3.05, 3.63) is 47.5 Å². The smallest absolute Gasteiger partial charge is 0.261 e. The Bertz CT molecular complexity index is 965. The van der Waals surface area contributed by atoms with Crippen LogP contribution < -0.4 is 18.9 Å². The fraction of sp³-hybridized carbons (Fsp3) is 0.480. The molecule has 2 aliphatic heterocycles. The van der Waals surface area contributed by atoms with Crippen LogP contribution in [0.4, 0.5) is 0 Å². The minimum atomic E-state index is -0.0379. The number of carbonyl (C=O) groups is 1. The van der Waals surface area contributed by atoms with E-state index in [1.54, 1.807) is 7.11 Å². The van der Waals surface area contributed by atoms with Crippen LogP contribution in [0.5, 0.6) is 23.0 Å². The van der Waals surface area contributed by atoms with Gasteiger partial charge in [-0.15, -0.1) is 0 Å². The summed E-state index contributed by atoms with van der Waals surface area (Å²) >= 11 is 0. The largest absolute Gasteiger partial charge is 0.497 e. The number of ether oxygens (including phenoxy) is 4. The summed E-state index contributed by atoms with van der Waals surface area (Å²) in [5.41, 5.74) is 2.50. The van der Waals surface area contributed by atoms with Crippen molar-refractivity contribution in [3.63, 3.8) is 0 Å². The van der Waals surface area contributed by atoms with E-state index in [-0.39, 0.29) is 24.0 Å². The predicted molar refractivity (Wildman–Crippen MR) is 116 cm³/mol. The number of rotatable bonds is 4. The second-order valence-corrected chi connectivity index (χ2v) is 8.73. The van der Waals surface area contributed by atoms with Crippen LogP contribution in [-0.4, -0.2) is 44.3 Å². The van der Waals surface area contributed by atoms with Crippen LogP contribution in [0.2, 0.25) is 0 Å². The van der Waals surface area contributed by atoms with E-state index in [4.69, 9.17) is 18.9 Å². The Labute approximate surface area is 183 Å². The van der Waals surface area contributed by atoms with E-state index in [1.165, 1.54) is 24.0 Å². The molecule has 3 aliphatic rings. The van der Waals surface area contributed by atoms with Gasteiger partial charge in [0.1, 0.15) is 24.7 Å². The van der Waals surface area contributed by atoms with E-state index in [0.717, 1.165) is 36.6 Å². The van der Waals surface area contributed by atoms with Crippen molar-refractivity contribution < 1.29 is 23.7 Å². The summed E-state index contributed by atoms with van der Waals surface area (Å²) in [7, 11) is 1.63. The first kappa shape index (κ1) is 20.0. The Balaban J connectivity index is 1.40. The first-order chi connectivity index (χ1) is 15.1. The molecule has 0 saturated heterocycles. The summed E-state index contributed by atoms with van der Waals surface area (Å²) in [6, 6.07) is 11.5. The van der Waals surface area contributed by atoms with Crippen LogP contribution in [0.1, 0.15) is 49.8 Å². The zero-order valence-corrected chi connectivity index (χ0v) is 18.2. The molecule has 1 aliphatic carbocycles. The molecule has 1 saturated carbocycles. The van der Waals surface area contributed by atoms with Gasteiger partial charge >= 0.3 is 0 Å². The third kappa shape index (κ3) is 3.58. The van der Waals surface area contributed by atoms with Crippen LogP contribution in [-0.2, 0) is 10.2 Å². The summed E-state index contributed by atoms with van der Waals surface area (Å²) in [5, 5.41) is 0. The summed E-state index contributed by atoms with van der Waals surface area (Å²) < 4.78 is 22.7. The average Bonchev–Trinajstić information content (AvgIpc) is 3.28. The van der Waals surface area contributed by atoms with Crippen LogP contribution in [0.15, 0.2) is 36.4 Å². The van der Waals surface area contributed by atoms with Gasteiger partial charge in [0, 0.05) is 12.0 Å². The highest BCUT2D eigenvalue weighted by Crippen LogP contribution is 2.51. The highest BCUT2D eigenvalue weighted by atomic mass is 16.6. The predicted octanol–water partition coefficient (Wildman–Crippen LogP) is 4.26. The topological polar surface area (TPSA) is 57.2 Å². The summed E-state index contributed by atoms with van der Waals surface area (Å²) in [6.45, 7) is 3.99. The standard InChI is InChI=1S/C25H29NO5/c1-17-20-13-22-23(30-12-11-29-22)14-21(20)25(9-3-4-10-25)16-26(17)24(27)15-31-19-7-5-18(28-2)6-8-19/h5-8,13-14,17H,3-4,9-12,15-16H2,1-2H3. The van der Waals surface area contributed by atoms with Gasteiger partial charge in [0.2, 0.25) is 0 Å². The van der Waals surface area contributed by atoms with Gasteiger partial charge in [-0.05, 0) is 67.3 Å². The van der Waals surface area contributed by atoms with Crippen molar-refractivity contribution in [3.8, 4) is 23.0 Å². The molecule has 1 unspecified atom stereocenters. The first-order valence-electron chi connectivity index (χ1n) is 11.1. The Morgan fingerprint density at radius 3 is 2.39 bits per heavy atom. The van der Waals surface area contributed by atoms with E-state index >= 15 is 0 Å². The maximum Gasteiger partial charge on any atom is 0.261 e. The Morgan fingerprint density at radius 2 is 1.71 bits per heavy atom. The normalized spacial score (nSPS) is 21.0. The first-order valence-corrected chi connectivity index (χ1v) is 11.1. The highest BCUT2D eigenvalue weighted by molar-refractivity contribution is 5.79. The number of carbonyl (C=O) groups excluding carboxylic acids is 1. The number of benzene rings is 2. The zero-order chi connectivity index (χ0) is 21.4. The van der Waals surface area contributed by atoms with Gasteiger partial charge in [-0.1, -0.05) is 12.8 Å². The lowest BCUT2D eigenvalue weighted by Gasteiger charge is -2.46. The van der Waals surface area contributed by atoms with Crippen LogP contribution in [0.25, 0.3) is 0 Å². The molecule has 6 heteroatoms. The van der Waals surface area contributed by atoms with Gasteiger partial charge in [0.25, 0.3) is 5.91 Å². The fourth-order valence-electron chi connectivity index (χ4n) is 5.31. The van der Waals surface area contributed by atoms with Crippen LogP contribution >= 0.6 is 0 Å². The minimum absolute atomic E-state index is 0.00649. The molecule has 1 spiro atoms. The molecule has 5 rings (SSSR count). The molecule has 0 bridgehead atoms. The van der Waals surface area contributed by atoms with Gasteiger partial charge in [-0.25, -0.2) is 0 Å². The molecular formula is C25H29NO5. The van der Waals surface area contributed by atoms with E-state index < -0.39 is 0 Å². The van der Waals surface area contributed by atoms with Gasteiger partial charge in [0.05, 0.1) is 13.2 Å². The van der Waals surface area contributed by atoms with Crippen LogP contribution in [0.3, 0.4) is 0 Å². The second kappa shape index (κ2) is 7.98. The monoisotopic (exact) mass is 423 g/mol. The molecule has 2 heterocycles. The zero-order valence-electron chi connectivity index (χ0n) is 18.2. The van der Waals surface area contributed by atoms with Crippen molar-refractivity contribution in [1.82, 2.24) is 4.90 Å². The molecule has 1 fully saturated rings. The highest BCUT2D eigenvalue weighted by Gasteiger charge is 2.46. The van der Waals surface area contributed by atoms with Crippen LogP contribution in [0, 0.1) is 0 Å². The third-order valence-corrected chi connectivity index (χ3v) is 6.98. The number of nitrogens with zero attached hydrogens (tertiary/aromatic N) is 1. The van der Waals surface area contributed by atoms with E-state index in [1.807, 2.05) is 29.2 Å². The number of hydrogen-bond donors (Lipinski definition) is 0. The number of hydrogen-bond acceptors (Lipinski definition) is 5. The maximum absolute atomic E-state index is 13.3. The maximum atomic E-state index is 13.3. The summed E-state index contributed by atoms with van der Waals surface area (Å²) in [5.74, 6) is 3.06. The lowest BCUT2D eigenvalue weighted by Crippen LogP contribution is -2.50. The van der Waals surface area contributed by atoms with E-state index in [9.17, 15) is 4.79 Å². The molecule has 6 nitrogen and oxygen atoms in total. The molecule has 0 N–H and O–H groups in total. The second-order valence-electron chi connectivity index (χ2n) is 8.73. The fourth-order valence-corrected chi connectivity index (χ4v) is 5.31. The number of amides is 1. The molecule has 164 valence electrons. The Morgan fingerprint density at radius 1 is 1.06 bits per heavy atom. The van der Waals surface area contributed by atoms with Crippen molar-refractivity contribution in [2.24, 2.45) is 0 Å². The molecule has 1 atom stereocenters. The van der Waals surface area contributed by atoms with Gasteiger partial charge in [-0.2, -0.15) is 0 Å². The van der Waals surface area contributed by atoms with Gasteiger partial charge < -0.3 is 23.8 Å². The van der Waals surface area contributed by atoms with Crippen molar-refractivity contribution in [2.75, 3.05) is 33.5 Å². The Hall–Kier alpha value is -2.89. The number of methoxy groups -OCH3 is 1. The molecule has 2 aromatic rings. The molecule has 2 aromatic carbocycles. The summed E-state index contributed by atoms with van der Waals surface area (Å²) in [4.78, 5) is 15.3. The molecule has 0 radical (unpaired) electrons.